The lowest BCUT2D eigenvalue weighted by atomic mass is 9.82. The van der Waals surface area contributed by atoms with Crippen molar-refractivity contribution in [3.8, 4) is 5.75 Å². The molecule has 1 saturated heterocycles. The number of hydrogen-bond acceptors (Lipinski definition) is 4. The van der Waals surface area contributed by atoms with Crippen LogP contribution in [0.2, 0.25) is 0 Å². The first-order valence-electron chi connectivity index (χ1n) is 9.47. The highest BCUT2D eigenvalue weighted by molar-refractivity contribution is 6.02. The van der Waals surface area contributed by atoms with Gasteiger partial charge in [-0.15, -0.1) is 0 Å². The Labute approximate surface area is 144 Å². The van der Waals surface area contributed by atoms with E-state index >= 15 is 0 Å². The van der Waals surface area contributed by atoms with Crippen LogP contribution in [0.1, 0.15) is 60.9 Å². The summed E-state index contributed by atoms with van der Waals surface area (Å²) < 4.78 is 6.51. The molecule has 4 heteroatoms. The summed E-state index contributed by atoms with van der Waals surface area (Å²) >= 11 is 0. The first-order valence-corrected chi connectivity index (χ1v) is 9.47. The minimum Gasteiger partial charge on any atom is -0.484 e. The van der Waals surface area contributed by atoms with Gasteiger partial charge in [-0.1, -0.05) is 12.8 Å². The van der Waals surface area contributed by atoms with Crippen molar-refractivity contribution in [1.82, 2.24) is 5.32 Å². The molecule has 0 atom stereocenters. The fraction of sp³-hybridized carbons (Fsp3) is 0.650. The fourth-order valence-electron chi connectivity index (χ4n) is 4.49. The van der Waals surface area contributed by atoms with Crippen LogP contribution >= 0.6 is 0 Å². The number of ketones is 1. The summed E-state index contributed by atoms with van der Waals surface area (Å²) in [5.41, 5.74) is 2.62. The molecule has 0 bridgehead atoms. The zero-order valence-corrected chi connectivity index (χ0v) is 14.6. The molecule has 1 aromatic rings. The van der Waals surface area contributed by atoms with Gasteiger partial charge in [-0.2, -0.15) is 0 Å². The number of piperidine rings is 1. The first-order chi connectivity index (χ1) is 11.7. The molecule has 3 aliphatic rings. The number of carbonyl (C=O) groups is 1. The van der Waals surface area contributed by atoms with Crippen molar-refractivity contribution in [3.63, 3.8) is 0 Å². The normalized spacial score (nSPS) is 23.1. The van der Waals surface area contributed by atoms with Gasteiger partial charge in [0, 0.05) is 19.4 Å². The average molecular weight is 328 g/mol. The SMILES string of the molecule is Cc1cc(NCC2CCCC2)c2c(c1)C(=O)CC1(CCNCC1)O2. The van der Waals surface area contributed by atoms with E-state index in [2.05, 4.69) is 23.6 Å². The van der Waals surface area contributed by atoms with E-state index < -0.39 is 0 Å². The highest BCUT2D eigenvalue weighted by Crippen LogP contribution is 2.43. The van der Waals surface area contributed by atoms with E-state index in [-0.39, 0.29) is 11.4 Å². The number of fused-ring (bicyclic) bond motifs is 1. The molecule has 2 N–H and O–H groups in total. The van der Waals surface area contributed by atoms with Gasteiger partial charge in [-0.25, -0.2) is 0 Å². The lowest BCUT2D eigenvalue weighted by Gasteiger charge is -2.41. The van der Waals surface area contributed by atoms with Crippen molar-refractivity contribution in [2.75, 3.05) is 25.0 Å². The molecule has 1 aromatic carbocycles. The van der Waals surface area contributed by atoms with Crippen LogP contribution in [0.3, 0.4) is 0 Å². The Balaban J connectivity index is 1.61. The van der Waals surface area contributed by atoms with E-state index in [1.807, 2.05) is 6.07 Å². The van der Waals surface area contributed by atoms with Gasteiger partial charge in [0.05, 0.1) is 17.7 Å². The van der Waals surface area contributed by atoms with Crippen molar-refractivity contribution in [2.24, 2.45) is 5.92 Å². The molecule has 1 aliphatic carbocycles. The fourth-order valence-corrected chi connectivity index (χ4v) is 4.49. The molecule has 1 saturated carbocycles. The highest BCUT2D eigenvalue weighted by Gasteiger charge is 2.42. The van der Waals surface area contributed by atoms with Crippen molar-refractivity contribution >= 4 is 11.5 Å². The first kappa shape index (κ1) is 15.9. The molecule has 2 aliphatic heterocycles. The topological polar surface area (TPSA) is 50.4 Å². The molecular formula is C20H28N2O2. The molecule has 4 nitrogen and oxygen atoms in total. The second-order valence-corrected chi connectivity index (χ2v) is 7.86. The maximum Gasteiger partial charge on any atom is 0.170 e. The number of ether oxygens (including phenoxy) is 1. The lowest BCUT2D eigenvalue weighted by molar-refractivity contribution is 0.0193. The van der Waals surface area contributed by atoms with E-state index in [9.17, 15) is 4.79 Å². The van der Waals surface area contributed by atoms with E-state index in [1.165, 1.54) is 25.7 Å². The van der Waals surface area contributed by atoms with Crippen LogP contribution in [-0.4, -0.2) is 31.0 Å². The molecule has 24 heavy (non-hydrogen) atoms. The van der Waals surface area contributed by atoms with Crippen molar-refractivity contribution in [3.05, 3.63) is 23.3 Å². The van der Waals surface area contributed by atoms with Crippen LogP contribution in [-0.2, 0) is 0 Å². The molecule has 1 spiro atoms. The summed E-state index contributed by atoms with van der Waals surface area (Å²) in [4.78, 5) is 12.8. The van der Waals surface area contributed by atoms with Crippen molar-refractivity contribution in [1.29, 1.82) is 0 Å². The van der Waals surface area contributed by atoms with E-state index in [1.54, 1.807) is 0 Å². The zero-order chi connectivity index (χ0) is 16.6. The Hall–Kier alpha value is -1.55. The number of nitrogens with one attached hydrogen (secondary N) is 2. The van der Waals surface area contributed by atoms with Gasteiger partial charge in [-0.05, 0) is 56.5 Å². The molecule has 0 radical (unpaired) electrons. The van der Waals surface area contributed by atoms with Crippen molar-refractivity contribution in [2.45, 2.75) is 57.5 Å². The van der Waals surface area contributed by atoms with Crippen molar-refractivity contribution < 1.29 is 9.53 Å². The van der Waals surface area contributed by atoms with Gasteiger partial charge < -0.3 is 15.4 Å². The number of rotatable bonds is 3. The van der Waals surface area contributed by atoms with Crippen LogP contribution < -0.4 is 15.4 Å². The standard InChI is InChI=1S/C20H28N2O2/c1-14-10-16-18(23)12-20(6-8-21-9-7-20)24-19(16)17(11-14)22-13-15-4-2-3-5-15/h10-11,15,21-22H,2-9,12-13H2,1H3. The highest BCUT2D eigenvalue weighted by atomic mass is 16.5. The number of benzene rings is 1. The van der Waals surface area contributed by atoms with Gasteiger partial charge in [-0.3, -0.25) is 4.79 Å². The van der Waals surface area contributed by atoms with Gasteiger partial charge in [0.1, 0.15) is 5.60 Å². The lowest BCUT2D eigenvalue weighted by Crippen LogP contribution is -2.49. The number of Topliss-reactive ketones (excluding diaryl/α,β-unsaturated/α-hetero) is 1. The molecule has 4 rings (SSSR count). The minimum atomic E-state index is -0.297. The van der Waals surface area contributed by atoms with Gasteiger partial charge in [0.15, 0.2) is 11.5 Å². The van der Waals surface area contributed by atoms with Gasteiger partial charge in [0.25, 0.3) is 0 Å². The summed E-state index contributed by atoms with van der Waals surface area (Å²) in [6.07, 6.45) is 7.68. The molecule has 0 amide bonds. The monoisotopic (exact) mass is 328 g/mol. The van der Waals surface area contributed by atoms with Crippen LogP contribution in [0.25, 0.3) is 0 Å². The quantitative estimate of drug-likeness (QED) is 0.888. The predicted molar refractivity (Wildman–Crippen MR) is 96.0 cm³/mol. The van der Waals surface area contributed by atoms with Crippen LogP contribution in [0.5, 0.6) is 5.75 Å². The third-order valence-electron chi connectivity index (χ3n) is 5.91. The summed E-state index contributed by atoms with van der Waals surface area (Å²) in [5.74, 6) is 1.80. The number of carbonyl (C=O) groups excluding carboxylic acids is 1. The molecule has 0 aromatic heterocycles. The second kappa shape index (κ2) is 6.40. The van der Waals surface area contributed by atoms with Gasteiger partial charge >= 0.3 is 0 Å². The van der Waals surface area contributed by atoms with E-state index in [0.29, 0.717) is 6.42 Å². The second-order valence-electron chi connectivity index (χ2n) is 7.86. The zero-order valence-electron chi connectivity index (χ0n) is 14.6. The Kier molecular flexibility index (Phi) is 4.25. The third-order valence-corrected chi connectivity index (χ3v) is 5.91. The molecular weight excluding hydrogens is 300 g/mol. The maximum atomic E-state index is 12.8. The van der Waals surface area contributed by atoms with Crippen LogP contribution in [0.15, 0.2) is 12.1 Å². The maximum absolute atomic E-state index is 12.8. The minimum absolute atomic E-state index is 0.241. The Morgan fingerprint density at radius 2 is 2.00 bits per heavy atom. The smallest absolute Gasteiger partial charge is 0.170 e. The number of hydrogen-bond donors (Lipinski definition) is 2. The van der Waals surface area contributed by atoms with Crippen LogP contribution in [0, 0.1) is 12.8 Å². The van der Waals surface area contributed by atoms with E-state index in [0.717, 1.165) is 61.0 Å². The molecule has 2 fully saturated rings. The average Bonchev–Trinajstić information content (AvgIpc) is 3.08. The Morgan fingerprint density at radius 1 is 1.25 bits per heavy atom. The largest absolute Gasteiger partial charge is 0.484 e. The Bertz CT molecular complexity index is 629. The number of anilines is 1. The molecule has 130 valence electrons. The summed E-state index contributed by atoms with van der Waals surface area (Å²) in [6.45, 7) is 4.91. The third kappa shape index (κ3) is 3.04. The summed E-state index contributed by atoms with van der Waals surface area (Å²) in [6, 6.07) is 4.13. The predicted octanol–water partition coefficient (Wildman–Crippen LogP) is 3.68. The number of aryl methyl sites for hydroxylation is 1. The van der Waals surface area contributed by atoms with Crippen LogP contribution in [0.4, 0.5) is 5.69 Å². The molecule has 2 heterocycles. The summed E-state index contributed by atoms with van der Waals surface area (Å²) in [5, 5.41) is 6.98. The van der Waals surface area contributed by atoms with E-state index in [4.69, 9.17) is 4.74 Å². The summed E-state index contributed by atoms with van der Waals surface area (Å²) in [7, 11) is 0. The Morgan fingerprint density at radius 3 is 2.75 bits per heavy atom. The molecule has 0 unspecified atom stereocenters. The van der Waals surface area contributed by atoms with Gasteiger partial charge in [0.2, 0.25) is 0 Å².